The predicted molar refractivity (Wildman–Crippen MR) is 86.2 cm³/mol. The Labute approximate surface area is 133 Å². The first-order valence-electron chi connectivity index (χ1n) is 7.40. The lowest BCUT2D eigenvalue weighted by atomic mass is 10.1. The lowest BCUT2D eigenvalue weighted by molar-refractivity contribution is -0.122. The monoisotopic (exact) mass is 320 g/mol. The van der Waals surface area contributed by atoms with Crippen LogP contribution in [0.4, 0.5) is 14.9 Å². The molecule has 2 fully saturated rings. The molecule has 0 aromatic heterocycles. The van der Waals surface area contributed by atoms with Crippen molar-refractivity contribution in [3.63, 3.8) is 0 Å². The summed E-state index contributed by atoms with van der Waals surface area (Å²) < 4.78 is 14.3. The quantitative estimate of drug-likeness (QED) is 0.800. The molecule has 0 spiro atoms. The number of imide groups is 1. The van der Waals surface area contributed by atoms with Crippen LogP contribution in [0.5, 0.6) is 0 Å². The Balaban J connectivity index is 1.84. The van der Waals surface area contributed by atoms with Gasteiger partial charge in [0, 0.05) is 19.6 Å². The highest BCUT2D eigenvalue weighted by atomic mass is 32.2. The van der Waals surface area contributed by atoms with Crippen LogP contribution in [0.15, 0.2) is 23.1 Å². The van der Waals surface area contributed by atoms with Gasteiger partial charge in [0.05, 0.1) is 10.6 Å². The van der Waals surface area contributed by atoms with Crippen LogP contribution in [0.25, 0.3) is 6.08 Å². The van der Waals surface area contributed by atoms with Crippen LogP contribution in [0.2, 0.25) is 0 Å². The molecular formula is C16H17FN2O2S. The Hall–Kier alpha value is -1.82. The average Bonchev–Trinajstić information content (AvgIpc) is 3.09. The van der Waals surface area contributed by atoms with Gasteiger partial charge in [0.25, 0.3) is 11.1 Å². The zero-order valence-corrected chi connectivity index (χ0v) is 13.2. The number of hydrogen-bond acceptors (Lipinski definition) is 4. The van der Waals surface area contributed by atoms with E-state index in [1.807, 2.05) is 4.90 Å². The normalized spacial score (nSPS) is 20.5. The molecule has 2 aliphatic heterocycles. The second kappa shape index (κ2) is 6.12. The predicted octanol–water partition coefficient (Wildman–Crippen LogP) is 3.48. The highest BCUT2D eigenvalue weighted by molar-refractivity contribution is 8.18. The van der Waals surface area contributed by atoms with Gasteiger partial charge in [-0.1, -0.05) is 6.07 Å². The van der Waals surface area contributed by atoms with Crippen molar-refractivity contribution in [1.82, 2.24) is 4.90 Å². The third kappa shape index (κ3) is 2.75. The summed E-state index contributed by atoms with van der Waals surface area (Å²) in [5.74, 6) is -0.591. The van der Waals surface area contributed by atoms with Crippen molar-refractivity contribution in [2.75, 3.05) is 24.5 Å². The lowest BCUT2D eigenvalue weighted by Crippen LogP contribution is -2.27. The number of amides is 2. The Kier molecular flexibility index (Phi) is 4.20. The van der Waals surface area contributed by atoms with Gasteiger partial charge < -0.3 is 4.90 Å². The van der Waals surface area contributed by atoms with Crippen LogP contribution >= 0.6 is 11.8 Å². The second-order valence-electron chi connectivity index (χ2n) is 5.33. The van der Waals surface area contributed by atoms with Crippen molar-refractivity contribution >= 4 is 34.7 Å². The summed E-state index contributed by atoms with van der Waals surface area (Å²) in [7, 11) is 0. The van der Waals surface area contributed by atoms with E-state index in [4.69, 9.17) is 0 Å². The molecule has 0 N–H and O–H groups in total. The van der Waals surface area contributed by atoms with E-state index >= 15 is 0 Å². The molecule has 0 bridgehead atoms. The van der Waals surface area contributed by atoms with Crippen molar-refractivity contribution in [1.29, 1.82) is 0 Å². The second-order valence-corrected chi connectivity index (χ2v) is 6.32. The van der Waals surface area contributed by atoms with Crippen LogP contribution in [-0.4, -0.2) is 35.7 Å². The van der Waals surface area contributed by atoms with Crippen LogP contribution in [0.3, 0.4) is 0 Å². The molecule has 2 amide bonds. The highest BCUT2D eigenvalue weighted by Crippen LogP contribution is 2.32. The average molecular weight is 320 g/mol. The van der Waals surface area contributed by atoms with Gasteiger partial charge in [-0.15, -0.1) is 0 Å². The van der Waals surface area contributed by atoms with Crippen molar-refractivity contribution < 1.29 is 14.0 Å². The molecule has 3 rings (SSSR count). The van der Waals surface area contributed by atoms with Crippen molar-refractivity contribution in [2.24, 2.45) is 0 Å². The maximum absolute atomic E-state index is 14.3. The number of benzene rings is 1. The maximum Gasteiger partial charge on any atom is 0.293 e. The number of carbonyl (C=O) groups excluding carboxylic acids is 2. The van der Waals surface area contributed by atoms with E-state index in [1.54, 1.807) is 25.1 Å². The molecule has 1 aromatic carbocycles. The SMILES string of the molecule is CCN1C(=O)S/C(=C\c2ccc(N3CCCC3)c(F)c2)C1=O. The van der Waals surface area contributed by atoms with Gasteiger partial charge in [0.1, 0.15) is 5.82 Å². The molecule has 0 aliphatic carbocycles. The number of carbonyl (C=O) groups is 2. The number of likely N-dealkylation sites (N-methyl/N-ethyl adjacent to an activating group) is 1. The third-order valence-corrected chi connectivity index (χ3v) is 4.81. The van der Waals surface area contributed by atoms with Crippen molar-refractivity contribution in [2.45, 2.75) is 19.8 Å². The summed E-state index contributed by atoms with van der Waals surface area (Å²) in [5.41, 5.74) is 1.21. The van der Waals surface area contributed by atoms with Gasteiger partial charge in [0.2, 0.25) is 0 Å². The minimum absolute atomic E-state index is 0.270. The number of rotatable bonds is 3. The van der Waals surface area contributed by atoms with Gasteiger partial charge in [-0.2, -0.15) is 0 Å². The first-order chi connectivity index (χ1) is 10.6. The summed E-state index contributed by atoms with van der Waals surface area (Å²) in [6, 6.07) is 4.96. The van der Waals surface area contributed by atoms with Gasteiger partial charge >= 0.3 is 0 Å². The minimum atomic E-state index is -0.304. The highest BCUT2D eigenvalue weighted by Gasteiger charge is 2.33. The summed E-state index contributed by atoms with van der Waals surface area (Å²) in [4.78, 5) is 27.2. The number of halogens is 1. The number of hydrogen-bond donors (Lipinski definition) is 0. The molecule has 2 heterocycles. The molecule has 2 aliphatic rings. The lowest BCUT2D eigenvalue weighted by Gasteiger charge is -2.18. The molecule has 2 saturated heterocycles. The zero-order chi connectivity index (χ0) is 15.7. The first-order valence-corrected chi connectivity index (χ1v) is 8.21. The number of thioether (sulfide) groups is 1. The topological polar surface area (TPSA) is 40.6 Å². The maximum atomic E-state index is 14.3. The standard InChI is InChI=1S/C16H17FN2O2S/c1-2-19-15(20)14(22-16(19)21)10-11-5-6-13(12(17)9-11)18-7-3-4-8-18/h5-6,9-10H,2-4,7-8H2,1H3/b14-10-. The fourth-order valence-electron chi connectivity index (χ4n) is 2.75. The molecule has 0 unspecified atom stereocenters. The first kappa shape index (κ1) is 15.1. The Bertz CT molecular complexity index is 654. The Morgan fingerprint density at radius 1 is 1.27 bits per heavy atom. The van der Waals surface area contributed by atoms with E-state index < -0.39 is 0 Å². The summed E-state index contributed by atoms with van der Waals surface area (Å²) in [5, 5.41) is -0.270. The minimum Gasteiger partial charge on any atom is -0.369 e. The van der Waals surface area contributed by atoms with Crippen LogP contribution in [0, 0.1) is 5.82 Å². The molecule has 116 valence electrons. The fourth-order valence-corrected chi connectivity index (χ4v) is 3.65. The summed E-state index contributed by atoms with van der Waals surface area (Å²) in [6.45, 7) is 3.87. The molecule has 6 heteroatoms. The van der Waals surface area contributed by atoms with Gasteiger partial charge in [0.15, 0.2) is 0 Å². The van der Waals surface area contributed by atoms with E-state index in [2.05, 4.69) is 0 Å². The molecule has 0 atom stereocenters. The van der Waals surface area contributed by atoms with Crippen molar-refractivity contribution in [3.05, 3.63) is 34.5 Å². The molecular weight excluding hydrogens is 303 g/mol. The van der Waals surface area contributed by atoms with Crippen LogP contribution < -0.4 is 4.90 Å². The van der Waals surface area contributed by atoms with E-state index in [1.165, 1.54) is 11.0 Å². The Morgan fingerprint density at radius 3 is 2.59 bits per heavy atom. The summed E-state index contributed by atoms with van der Waals surface area (Å²) in [6.07, 6.45) is 3.76. The third-order valence-electron chi connectivity index (χ3n) is 3.91. The molecule has 0 radical (unpaired) electrons. The smallest absolute Gasteiger partial charge is 0.293 e. The van der Waals surface area contributed by atoms with E-state index in [9.17, 15) is 14.0 Å². The van der Waals surface area contributed by atoms with E-state index in [0.29, 0.717) is 22.7 Å². The number of anilines is 1. The Morgan fingerprint density at radius 2 is 2.00 bits per heavy atom. The molecule has 0 saturated carbocycles. The van der Waals surface area contributed by atoms with E-state index in [0.717, 1.165) is 37.7 Å². The van der Waals surface area contributed by atoms with Crippen LogP contribution in [-0.2, 0) is 4.79 Å². The summed E-state index contributed by atoms with van der Waals surface area (Å²) >= 11 is 0.902. The number of nitrogens with zero attached hydrogens (tertiary/aromatic N) is 2. The zero-order valence-electron chi connectivity index (χ0n) is 12.3. The van der Waals surface area contributed by atoms with Gasteiger partial charge in [-0.05, 0) is 55.3 Å². The van der Waals surface area contributed by atoms with Gasteiger partial charge in [-0.25, -0.2) is 4.39 Å². The molecule has 4 nitrogen and oxygen atoms in total. The molecule has 22 heavy (non-hydrogen) atoms. The molecule has 1 aromatic rings. The fraction of sp³-hybridized carbons (Fsp3) is 0.375. The largest absolute Gasteiger partial charge is 0.369 e. The van der Waals surface area contributed by atoms with Crippen LogP contribution in [0.1, 0.15) is 25.3 Å². The van der Waals surface area contributed by atoms with E-state index in [-0.39, 0.29) is 17.0 Å². The van der Waals surface area contributed by atoms with Crippen molar-refractivity contribution in [3.8, 4) is 0 Å². The van der Waals surface area contributed by atoms with Gasteiger partial charge in [-0.3, -0.25) is 14.5 Å².